The molecular formula is C16H16F2N4O2. The molecule has 6 nitrogen and oxygen atoms in total. The number of carbonyl (C=O) groups is 1. The summed E-state index contributed by atoms with van der Waals surface area (Å²) in [5, 5.41) is 2.40. The zero-order valence-corrected chi connectivity index (χ0v) is 13.1. The number of hydrogen-bond acceptors (Lipinski definition) is 5. The number of ether oxygens (including phenoxy) is 1. The topological polar surface area (TPSA) is 67.4 Å². The van der Waals surface area contributed by atoms with Crippen molar-refractivity contribution in [3.63, 3.8) is 0 Å². The van der Waals surface area contributed by atoms with Crippen LogP contribution in [0.25, 0.3) is 0 Å². The molecule has 0 aliphatic carbocycles. The molecule has 2 heterocycles. The van der Waals surface area contributed by atoms with Crippen molar-refractivity contribution in [1.29, 1.82) is 0 Å². The zero-order valence-electron chi connectivity index (χ0n) is 13.1. The van der Waals surface area contributed by atoms with Gasteiger partial charge in [0, 0.05) is 24.8 Å². The minimum absolute atomic E-state index is 0.106. The van der Waals surface area contributed by atoms with Crippen molar-refractivity contribution in [2.24, 2.45) is 0 Å². The Bertz CT molecular complexity index is 764. The van der Waals surface area contributed by atoms with E-state index < -0.39 is 17.5 Å². The monoisotopic (exact) mass is 334 g/mol. The molecule has 1 aromatic heterocycles. The number of morpholine rings is 1. The van der Waals surface area contributed by atoms with Gasteiger partial charge in [0.2, 0.25) is 5.95 Å². The number of nitrogens with one attached hydrogen (secondary N) is 1. The average Bonchev–Trinajstić information content (AvgIpc) is 2.57. The van der Waals surface area contributed by atoms with Crippen LogP contribution in [0.3, 0.4) is 0 Å². The molecule has 1 aromatic carbocycles. The summed E-state index contributed by atoms with van der Waals surface area (Å²) < 4.78 is 31.9. The summed E-state index contributed by atoms with van der Waals surface area (Å²) in [7, 11) is 0. The van der Waals surface area contributed by atoms with Crippen LogP contribution in [0.2, 0.25) is 0 Å². The van der Waals surface area contributed by atoms with Crippen molar-refractivity contribution in [3.8, 4) is 0 Å². The molecule has 1 aliphatic rings. The summed E-state index contributed by atoms with van der Waals surface area (Å²) in [6.07, 6.45) is 0. The van der Waals surface area contributed by atoms with Gasteiger partial charge in [-0.25, -0.2) is 18.7 Å². The second-order valence-electron chi connectivity index (χ2n) is 5.37. The zero-order chi connectivity index (χ0) is 17.1. The fourth-order valence-corrected chi connectivity index (χ4v) is 2.35. The first-order valence-corrected chi connectivity index (χ1v) is 7.48. The van der Waals surface area contributed by atoms with E-state index in [1.165, 1.54) is 12.1 Å². The van der Waals surface area contributed by atoms with Crippen LogP contribution in [0.4, 0.5) is 20.4 Å². The van der Waals surface area contributed by atoms with Crippen LogP contribution < -0.4 is 10.2 Å². The van der Waals surface area contributed by atoms with Gasteiger partial charge in [-0.3, -0.25) is 4.79 Å². The Morgan fingerprint density at radius 2 is 1.96 bits per heavy atom. The predicted molar refractivity (Wildman–Crippen MR) is 84.1 cm³/mol. The fourth-order valence-electron chi connectivity index (χ4n) is 2.35. The second kappa shape index (κ2) is 6.88. The molecule has 1 aliphatic heterocycles. The third-order valence-electron chi connectivity index (χ3n) is 3.55. The van der Waals surface area contributed by atoms with Crippen LogP contribution in [0.1, 0.15) is 16.2 Å². The van der Waals surface area contributed by atoms with E-state index in [4.69, 9.17) is 4.74 Å². The number of carbonyl (C=O) groups excluding carboxylic acids is 1. The Labute approximate surface area is 137 Å². The smallest absolute Gasteiger partial charge is 0.274 e. The van der Waals surface area contributed by atoms with Crippen LogP contribution in [0.15, 0.2) is 24.3 Å². The molecule has 8 heteroatoms. The first kappa shape index (κ1) is 16.3. The SMILES string of the molecule is Cc1cc(C(=O)Nc2ccc(F)cc2F)nc(N2CCOCC2)n1. The second-order valence-corrected chi connectivity index (χ2v) is 5.37. The lowest BCUT2D eigenvalue weighted by molar-refractivity contribution is 0.102. The lowest BCUT2D eigenvalue weighted by atomic mass is 10.2. The number of rotatable bonds is 3. The van der Waals surface area contributed by atoms with E-state index in [2.05, 4.69) is 15.3 Å². The number of amides is 1. The number of hydrogen-bond donors (Lipinski definition) is 1. The maximum absolute atomic E-state index is 13.7. The molecule has 0 saturated carbocycles. The van der Waals surface area contributed by atoms with Crippen LogP contribution >= 0.6 is 0 Å². The molecule has 1 saturated heterocycles. The molecule has 0 atom stereocenters. The van der Waals surface area contributed by atoms with Crippen molar-refractivity contribution < 1.29 is 18.3 Å². The predicted octanol–water partition coefficient (Wildman–Crippen LogP) is 2.15. The summed E-state index contributed by atoms with van der Waals surface area (Å²) in [4.78, 5) is 22.8. The van der Waals surface area contributed by atoms with Crippen LogP contribution in [0, 0.1) is 18.6 Å². The quantitative estimate of drug-likeness (QED) is 0.932. The van der Waals surface area contributed by atoms with Crippen molar-refractivity contribution in [3.05, 3.63) is 47.3 Å². The number of halogens is 2. The van der Waals surface area contributed by atoms with Crippen molar-refractivity contribution in [2.75, 3.05) is 36.5 Å². The van der Waals surface area contributed by atoms with Gasteiger partial charge in [-0.2, -0.15) is 0 Å². The Morgan fingerprint density at radius 1 is 1.21 bits per heavy atom. The minimum Gasteiger partial charge on any atom is -0.378 e. The summed E-state index contributed by atoms with van der Waals surface area (Å²) in [5.74, 6) is -1.70. The Balaban J connectivity index is 1.82. The van der Waals surface area contributed by atoms with E-state index in [0.29, 0.717) is 44.0 Å². The molecule has 1 amide bonds. The van der Waals surface area contributed by atoms with Crippen LogP contribution in [-0.4, -0.2) is 42.2 Å². The Kier molecular flexibility index (Phi) is 4.66. The van der Waals surface area contributed by atoms with E-state index in [9.17, 15) is 13.6 Å². The van der Waals surface area contributed by atoms with Gasteiger partial charge >= 0.3 is 0 Å². The summed E-state index contributed by atoms with van der Waals surface area (Å²) in [6, 6.07) is 4.46. The summed E-state index contributed by atoms with van der Waals surface area (Å²) in [6.45, 7) is 4.16. The highest BCUT2D eigenvalue weighted by Crippen LogP contribution is 2.17. The van der Waals surface area contributed by atoms with Gasteiger partial charge in [0.25, 0.3) is 5.91 Å². The first-order valence-electron chi connectivity index (χ1n) is 7.48. The number of anilines is 2. The highest BCUT2D eigenvalue weighted by Gasteiger charge is 2.18. The first-order chi connectivity index (χ1) is 11.5. The molecule has 0 spiro atoms. The average molecular weight is 334 g/mol. The van der Waals surface area contributed by atoms with Gasteiger partial charge in [0.05, 0.1) is 18.9 Å². The third-order valence-corrected chi connectivity index (χ3v) is 3.55. The largest absolute Gasteiger partial charge is 0.378 e. The molecule has 0 unspecified atom stereocenters. The normalized spacial score (nSPS) is 14.5. The van der Waals surface area contributed by atoms with E-state index in [-0.39, 0.29) is 11.4 Å². The maximum atomic E-state index is 13.7. The minimum atomic E-state index is -0.845. The number of aromatic nitrogens is 2. The number of nitrogens with zero attached hydrogens (tertiary/aromatic N) is 3. The molecular weight excluding hydrogens is 318 g/mol. The third kappa shape index (κ3) is 3.65. The molecule has 126 valence electrons. The van der Waals surface area contributed by atoms with Gasteiger partial charge in [-0.1, -0.05) is 0 Å². The van der Waals surface area contributed by atoms with Crippen molar-refractivity contribution >= 4 is 17.5 Å². The summed E-state index contributed by atoms with van der Waals surface area (Å²) in [5.41, 5.74) is 0.634. The molecule has 2 aromatic rings. The molecule has 1 fully saturated rings. The van der Waals surface area contributed by atoms with Crippen LogP contribution in [0.5, 0.6) is 0 Å². The van der Waals surface area contributed by atoms with Gasteiger partial charge in [0.1, 0.15) is 17.3 Å². The molecule has 1 N–H and O–H groups in total. The van der Waals surface area contributed by atoms with Crippen LogP contribution in [-0.2, 0) is 4.74 Å². The van der Waals surface area contributed by atoms with E-state index in [1.54, 1.807) is 6.92 Å². The lowest BCUT2D eigenvalue weighted by Gasteiger charge is -2.27. The highest BCUT2D eigenvalue weighted by molar-refractivity contribution is 6.03. The lowest BCUT2D eigenvalue weighted by Crippen LogP contribution is -2.37. The van der Waals surface area contributed by atoms with E-state index >= 15 is 0 Å². The highest BCUT2D eigenvalue weighted by atomic mass is 19.1. The Hall–Kier alpha value is -2.61. The van der Waals surface area contributed by atoms with Gasteiger partial charge < -0.3 is 15.0 Å². The van der Waals surface area contributed by atoms with E-state index in [1.807, 2.05) is 4.90 Å². The summed E-state index contributed by atoms with van der Waals surface area (Å²) >= 11 is 0. The van der Waals surface area contributed by atoms with Gasteiger partial charge in [-0.15, -0.1) is 0 Å². The van der Waals surface area contributed by atoms with Crippen molar-refractivity contribution in [2.45, 2.75) is 6.92 Å². The molecule has 3 rings (SSSR count). The standard InChI is InChI=1S/C16H16F2N4O2/c1-10-8-14(21-16(19-10)22-4-6-24-7-5-22)15(23)20-13-3-2-11(17)9-12(13)18/h2-3,8-9H,4-7H2,1H3,(H,20,23). The number of aryl methyl sites for hydroxylation is 1. The van der Waals surface area contributed by atoms with Gasteiger partial charge in [0.15, 0.2) is 0 Å². The molecule has 0 radical (unpaired) electrons. The maximum Gasteiger partial charge on any atom is 0.274 e. The number of benzene rings is 1. The van der Waals surface area contributed by atoms with Crippen molar-refractivity contribution in [1.82, 2.24) is 9.97 Å². The van der Waals surface area contributed by atoms with E-state index in [0.717, 1.165) is 6.07 Å². The Morgan fingerprint density at radius 3 is 2.67 bits per heavy atom. The molecule has 0 bridgehead atoms. The fraction of sp³-hybridized carbons (Fsp3) is 0.312. The molecule has 24 heavy (non-hydrogen) atoms. The van der Waals surface area contributed by atoms with Gasteiger partial charge in [-0.05, 0) is 25.1 Å².